The summed E-state index contributed by atoms with van der Waals surface area (Å²) in [7, 11) is 0. The first-order valence-corrected chi connectivity index (χ1v) is 8.02. The van der Waals surface area contributed by atoms with Crippen LogP contribution >= 0.6 is 22.9 Å². The number of benzene rings is 1. The Morgan fingerprint density at radius 3 is 2.73 bits per heavy atom. The fourth-order valence-electron chi connectivity index (χ4n) is 2.08. The van der Waals surface area contributed by atoms with E-state index in [-0.39, 0.29) is 0 Å². The molecule has 0 fully saturated rings. The van der Waals surface area contributed by atoms with Crippen molar-refractivity contribution >= 4 is 29.0 Å². The van der Waals surface area contributed by atoms with Crippen molar-refractivity contribution in [3.05, 3.63) is 52.9 Å². The number of hydrogen-bond acceptors (Lipinski definition) is 4. The van der Waals surface area contributed by atoms with Gasteiger partial charge in [-0.15, -0.1) is 11.3 Å². The number of halogens is 1. The lowest BCUT2D eigenvalue weighted by Gasteiger charge is -2.06. The minimum absolute atomic E-state index is 0.299. The molecule has 1 aromatic carbocycles. The van der Waals surface area contributed by atoms with Gasteiger partial charge in [-0.2, -0.15) is 9.78 Å². The lowest BCUT2D eigenvalue weighted by atomic mass is 10.1. The first kappa shape index (κ1) is 14.8. The van der Waals surface area contributed by atoms with Crippen LogP contribution in [0.4, 0.5) is 4.79 Å². The second-order valence-corrected chi connectivity index (χ2v) is 5.89. The molecule has 2 heterocycles. The molecule has 0 radical (unpaired) electrons. The Hall–Kier alpha value is -2.11. The van der Waals surface area contributed by atoms with Crippen LogP contribution in [0, 0.1) is 0 Å². The maximum atomic E-state index is 12.1. The van der Waals surface area contributed by atoms with E-state index in [2.05, 4.69) is 5.10 Å². The van der Waals surface area contributed by atoms with E-state index in [9.17, 15) is 4.79 Å². The molecule has 0 spiro atoms. The van der Waals surface area contributed by atoms with Crippen LogP contribution < -0.4 is 0 Å². The van der Waals surface area contributed by atoms with Crippen LogP contribution in [-0.4, -0.2) is 22.5 Å². The van der Waals surface area contributed by atoms with E-state index < -0.39 is 6.09 Å². The van der Waals surface area contributed by atoms with Crippen molar-refractivity contribution in [2.75, 3.05) is 6.61 Å². The van der Waals surface area contributed by atoms with Gasteiger partial charge in [0, 0.05) is 10.6 Å². The van der Waals surface area contributed by atoms with Gasteiger partial charge in [0.1, 0.15) is 5.69 Å². The molecule has 0 aliphatic rings. The van der Waals surface area contributed by atoms with Crippen LogP contribution in [0.1, 0.15) is 6.92 Å². The van der Waals surface area contributed by atoms with Gasteiger partial charge in [-0.25, -0.2) is 4.79 Å². The molecule has 3 aromatic rings. The van der Waals surface area contributed by atoms with Crippen molar-refractivity contribution < 1.29 is 9.53 Å². The largest absolute Gasteiger partial charge is 0.448 e. The highest BCUT2D eigenvalue weighted by molar-refractivity contribution is 7.13. The van der Waals surface area contributed by atoms with Gasteiger partial charge in [-0.3, -0.25) is 0 Å². The smallest absolute Gasteiger partial charge is 0.435 e. The molecule has 0 atom stereocenters. The van der Waals surface area contributed by atoms with Crippen LogP contribution in [-0.2, 0) is 4.74 Å². The van der Waals surface area contributed by atoms with E-state index in [1.807, 2.05) is 35.7 Å². The zero-order valence-electron chi connectivity index (χ0n) is 11.8. The molecule has 0 unspecified atom stereocenters. The maximum Gasteiger partial charge on any atom is 0.435 e. The molecule has 4 nitrogen and oxygen atoms in total. The summed E-state index contributed by atoms with van der Waals surface area (Å²) < 4.78 is 6.38. The van der Waals surface area contributed by atoms with Gasteiger partial charge in [0.25, 0.3) is 0 Å². The molecule has 0 aliphatic carbocycles. The summed E-state index contributed by atoms with van der Waals surface area (Å²) in [6, 6.07) is 13.1. The van der Waals surface area contributed by atoms with Crippen molar-refractivity contribution in [1.82, 2.24) is 9.78 Å². The molecule has 0 amide bonds. The first-order valence-electron chi connectivity index (χ1n) is 6.76. The topological polar surface area (TPSA) is 44.1 Å². The number of hydrogen-bond donors (Lipinski definition) is 0. The molecule has 22 heavy (non-hydrogen) atoms. The summed E-state index contributed by atoms with van der Waals surface area (Å²) in [6.07, 6.45) is -0.491. The number of aromatic nitrogens is 2. The Kier molecular flexibility index (Phi) is 4.27. The summed E-state index contributed by atoms with van der Waals surface area (Å²) in [5.74, 6) is 0. The highest BCUT2D eigenvalue weighted by atomic mass is 35.5. The van der Waals surface area contributed by atoms with Crippen molar-refractivity contribution in [3.63, 3.8) is 0 Å². The summed E-state index contributed by atoms with van der Waals surface area (Å²) in [5.41, 5.74) is 2.28. The molecular weight excluding hydrogens is 320 g/mol. The highest BCUT2D eigenvalue weighted by Gasteiger charge is 2.18. The van der Waals surface area contributed by atoms with Gasteiger partial charge < -0.3 is 4.74 Å². The van der Waals surface area contributed by atoms with Crippen molar-refractivity contribution in [2.24, 2.45) is 0 Å². The maximum absolute atomic E-state index is 12.1. The number of carbonyl (C=O) groups excluding carboxylic acids is 1. The molecule has 0 saturated heterocycles. The fraction of sp³-hybridized carbons (Fsp3) is 0.125. The van der Waals surface area contributed by atoms with Crippen molar-refractivity contribution in [1.29, 1.82) is 0 Å². The van der Waals surface area contributed by atoms with Gasteiger partial charge in [-0.05, 0) is 36.6 Å². The Morgan fingerprint density at radius 1 is 1.32 bits per heavy atom. The van der Waals surface area contributed by atoms with Crippen LogP contribution in [0.5, 0.6) is 0 Å². The van der Waals surface area contributed by atoms with Crippen LogP contribution in [0.15, 0.2) is 47.8 Å². The molecule has 2 aromatic heterocycles. The molecule has 112 valence electrons. The lowest BCUT2D eigenvalue weighted by molar-refractivity contribution is 0.151. The Bertz CT molecular complexity index is 779. The quantitative estimate of drug-likeness (QED) is 0.682. The summed E-state index contributed by atoms with van der Waals surface area (Å²) >= 11 is 7.50. The third-order valence-corrected chi connectivity index (χ3v) is 4.21. The Labute approximate surface area is 136 Å². The minimum Gasteiger partial charge on any atom is -0.448 e. The van der Waals surface area contributed by atoms with E-state index >= 15 is 0 Å². The number of thiophene rings is 1. The van der Waals surface area contributed by atoms with Gasteiger partial charge in [0.2, 0.25) is 0 Å². The van der Waals surface area contributed by atoms with Crippen LogP contribution in [0.2, 0.25) is 5.02 Å². The monoisotopic (exact) mass is 332 g/mol. The first-order chi connectivity index (χ1) is 10.7. The molecule has 0 bridgehead atoms. The number of carbonyl (C=O) groups is 1. The Morgan fingerprint density at radius 2 is 2.09 bits per heavy atom. The van der Waals surface area contributed by atoms with Gasteiger partial charge in [0.15, 0.2) is 0 Å². The fourth-order valence-corrected chi connectivity index (χ4v) is 2.88. The third-order valence-electron chi connectivity index (χ3n) is 3.06. The second-order valence-electron chi connectivity index (χ2n) is 4.51. The van der Waals surface area contributed by atoms with Gasteiger partial charge in [-0.1, -0.05) is 29.8 Å². The summed E-state index contributed by atoms with van der Waals surface area (Å²) in [5, 5.41) is 7.01. The van der Waals surface area contributed by atoms with Crippen molar-refractivity contribution in [3.8, 4) is 21.8 Å². The van der Waals surface area contributed by atoms with Crippen LogP contribution in [0.3, 0.4) is 0 Å². The van der Waals surface area contributed by atoms with E-state index in [1.165, 1.54) is 4.68 Å². The average Bonchev–Trinajstić information content (AvgIpc) is 3.17. The number of rotatable bonds is 3. The predicted molar refractivity (Wildman–Crippen MR) is 88.4 cm³/mol. The molecule has 6 heteroatoms. The standard InChI is InChI=1S/C16H13ClN2O2S/c1-2-21-16(20)19-14(11-5-7-12(17)8-6-11)10-13(18-19)15-4-3-9-22-15/h3-10H,2H2,1H3. The highest BCUT2D eigenvalue weighted by Crippen LogP contribution is 2.29. The molecule has 3 rings (SSSR count). The normalized spacial score (nSPS) is 10.6. The number of ether oxygens (including phenoxy) is 1. The Balaban J connectivity index is 2.10. The SMILES string of the molecule is CCOC(=O)n1nc(-c2cccs2)cc1-c1ccc(Cl)cc1. The van der Waals surface area contributed by atoms with Gasteiger partial charge in [0.05, 0.1) is 17.2 Å². The van der Waals surface area contributed by atoms with Crippen LogP contribution in [0.25, 0.3) is 21.8 Å². The van der Waals surface area contributed by atoms with E-state index in [0.29, 0.717) is 17.3 Å². The van der Waals surface area contributed by atoms with Gasteiger partial charge >= 0.3 is 6.09 Å². The van der Waals surface area contributed by atoms with E-state index in [4.69, 9.17) is 16.3 Å². The van der Waals surface area contributed by atoms with E-state index in [1.54, 1.807) is 30.4 Å². The molecular formula is C16H13ClN2O2S. The predicted octanol–water partition coefficient (Wildman–Crippen LogP) is 4.94. The summed E-state index contributed by atoms with van der Waals surface area (Å²) in [4.78, 5) is 13.1. The minimum atomic E-state index is -0.491. The lowest BCUT2D eigenvalue weighted by Crippen LogP contribution is -2.16. The second kappa shape index (κ2) is 6.34. The molecule has 0 saturated carbocycles. The zero-order chi connectivity index (χ0) is 15.5. The summed E-state index contributed by atoms with van der Waals surface area (Å²) in [6.45, 7) is 2.07. The average molecular weight is 333 g/mol. The third kappa shape index (κ3) is 2.91. The molecule has 0 aliphatic heterocycles. The molecule has 0 N–H and O–H groups in total. The number of nitrogens with zero attached hydrogens (tertiary/aromatic N) is 2. The zero-order valence-corrected chi connectivity index (χ0v) is 13.4. The van der Waals surface area contributed by atoms with E-state index in [0.717, 1.165) is 16.1 Å². The van der Waals surface area contributed by atoms with Crippen molar-refractivity contribution in [2.45, 2.75) is 6.92 Å².